The monoisotopic (exact) mass is 302 g/mol. The molecule has 1 saturated heterocycles. The molecule has 0 aliphatic carbocycles. The Balaban J connectivity index is 2.06. The van der Waals surface area contributed by atoms with Crippen LogP contribution in [0.1, 0.15) is 24.4 Å². The zero-order valence-corrected chi connectivity index (χ0v) is 12.6. The lowest BCUT2D eigenvalue weighted by atomic mass is 10.1. The van der Waals surface area contributed by atoms with E-state index in [0.717, 1.165) is 31.6 Å². The maximum Gasteiger partial charge on any atom is 0.0702 e. The fourth-order valence-corrected chi connectivity index (χ4v) is 2.83. The molecule has 19 heavy (non-hydrogen) atoms. The van der Waals surface area contributed by atoms with E-state index in [4.69, 9.17) is 33.7 Å². The topological polar surface area (TPSA) is 38.5 Å². The molecule has 2 atom stereocenters. The predicted octanol–water partition coefficient (Wildman–Crippen LogP) is 3.10. The molecule has 1 aromatic rings. The molecule has 0 bridgehead atoms. The molecule has 2 rings (SSSR count). The van der Waals surface area contributed by atoms with E-state index in [1.54, 1.807) is 0 Å². The van der Waals surface area contributed by atoms with Gasteiger partial charge in [-0.3, -0.25) is 4.90 Å². The minimum absolute atomic E-state index is 0.138. The largest absolute Gasteiger partial charge is 0.377 e. The molecule has 1 fully saturated rings. The highest BCUT2D eigenvalue weighted by Crippen LogP contribution is 2.28. The van der Waals surface area contributed by atoms with E-state index < -0.39 is 0 Å². The third kappa shape index (κ3) is 3.83. The van der Waals surface area contributed by atoms with Gasteiger partial charge in [0.2, 0.25) is 0 Å². The first-order chi connectivity index (χ1) is 9.11. The summed E-state index contributed by atoms with van der Waals surface area (Å²) in [4.78, 5) is 2.23. The highest BCUT2D eigenvalue weighted by Gasteiger charge is 2.22. The third-order valence-electron chi connectivity index (χ3n) is 3.60. The first kappa shape index (κ1) is 15.1. The number of benzene rings is 1. The van der Waals surface area contributed by atoms with Gasteiger partial charge in [0.25, 0.3) is 0 Å². The minimum atomic E-state index is 0.138. The number of rotatable bonds is 5. The second kappa shape index (κ2) is 6.91. The van der Waals surface area contributed by atoms with Gasteiger partial charge in [-0.15, -0.1) is 0 Å². The van der Waals surface area contributed by atoms with Crippen LogP contribution in [0.3, 0.4) is 0 Å². The normalized spacial score (nSPS) is 21.0. The van der Waals surface area contributed by atoms with Crippen molar-refractivity contribution in [2.24, 2.45) is 5.73 Å². The van der Waals surface area contributed by atoms with Gasteiger partial charge in [-0.05, 0) is 37.6 Å². The number of nitrogens with two attached hydrogens (primary N) is 1. The van der Waals surface area contributed by atoms with Crippen molar-refractivity contribution < 1.29 is 4.74 Å². The van der Waals surface area contributed by atoms with Crippen molar-refractivity contribution in [1.82, 2.24) is 4.90 Å². The molecular formula is C14H20Cl2N2O. The summed E-state index contributed by atoms with van der Waals surface area (Å²) in [6.07, 6.45) is 2.60. The average Bonchev–Trinajstić information content (AvgIpc) is 2.87. The van der Waals surface area contributed by atoms with Gasteiger partial charge in [0.1, 0.15) is 0 Å². The van der Waals surface area contributed by atoms with E-state index in [1.165, 1.54) is 0 Å². The molecule has 0 aromatic heterocycles. The van der Waals surface area contributed by atoms with Gasteiger partial charge >= 0.3 is 0 Å². The van der Waals surface area contributed by atoms with Crippen LogP contribution >= 0.6 is 23.2 Å². The molecule has 5 heteroatoms. The maximum absolute atomic E-state index is 6.07. The van der Waals surface area contributed by atoms with Crippen LogP contribution in [-0.2, 0) is 4.74 Å². The van der Waals surface area contributed by atoms with Crippen molar-refractivity contribution in [3.63, 3.8) is 0 Å². The molecule has 0 saturated carbocycles. The molecule has 1 heterocycles. The molecular weight excluding hydrogens is 283 g/mol. The molecule has 2 unspecified atom stereocenters. The van der Waals surface area contributed by atoms with Crippen molar-refractivity contribution in [3.05, 3.63) is 33.8 Å². The standard InChI is InChI=1S/C14H20Cl2N2O/c1-18(9-11-3-2-6-19-11)14(8-17)10-4-5-12(15)13(16)7-10/h4-5,7,11,14H,2-3,6,8-9,17H2,1H3. The summed E-state index contributed by atoms with van der Waals surface area (Å²) in [5.41, 5.74) is 7.00. The number of hydrogen-bond acceptors (Lipinski definition) is 3. The Morgan fingerprint density at radius 2 is 2.21 bits per heavy atom. The maximum atomic E-state index is 6.07. The van der Waals surface area contributed by atoms with E-state index in [-0.39, 0.29) is 6.04 Å². The summed E-state index contributed by atoms with van der Waals surface area (Å²) in [6, 6.07) is 5.84. The molecule has 0 radical (unpaired) electrons. The Hall–Kier alpha value is -0.320. The summed E-state index contributed by atoms with van der Waals surface area (Å²) in [5, 5.41) is 1.14. The van der Waals surface area contributed by atoms with Crippen molar-refractivity contribution in [2.75, 3.05) is 26.7 Å². The van der Waals surface area contributed by atoms with E-state index in [9.17, 15) is 0 Å². The smallest absolute Gasteiger partial charge is 0.0702 e. The van der Waals surface area contributed by atoms with E-state index in [1.807, 2.05) is 18.2 Å². The summed E-state index contributed by atoms with van der Waals surface area (Å²) in [5.74, 6) is 0. The lowest BCUT2D eigenvalue weighted by molar-refractivity contribution is 0.0689. The average molecular weight is 303 g/mol. The van der Waals surface area contributed by atoms with Crippen LogP contribution in [0.4, 0.5) is 0 Å². The SMILES string of the molecule is CN(CC1CCCO1)C(CN)c1ccc(Cl)c(Cl)c1. The number of halogens is 2. The third-order valence-corrected chi connectivity index (χ3v) is 4.34. The van der Waals surface area contributed by atoms with Gasteiger partial charge in [0, 0.05) is 25.7 Å². The molecule has 3 nitrogen and oxygen atoms in total. The predicted molar refractivity (Wildman–Crippen MR) is 79.9 cm³/mol. The van der Waals surface area contributed by atoms with Crippen molar-refractivity contribution in [2.45, 2.75) is 25.0 Å². The summed E-state index contributed by atoms with van der Waals surface area (Å²) in [6.45, 7) is 2.31. The van der Waals surface area contributed by atoms with Crippen LogP contribution in [-0.4, -0.2) is 37.7 Å². The molecule has 106 valence electrons. The quantitative estimate of drug-likeness (QED) is 0.908. The van der Waals surface area contributed by atoms with Crippen LogP contribution in [0.15, 0.2) is 18.2 Å². The highest BCUT2D eigenvalue weighted by atomic mass is 35.5. The Morgan fingerprint density at radius 3 is 2.79 bits per heavy atom. The van der Waals surface area contributed by atoms with Gasteiger partial charge in [0.15, 0.2) is 0 Å². The van der Waals surface area contributed by atoms with Crippen LogP contribution in [0, 0.1) is 0 Å². The molecule has 0 spiro atoms. The van der Waals surface area contributed by atoms with Crippen LogP contribution in [0.2, 0.25) is 10.0 Å². The van der Waals surface area contributed by atoms with Gasteiger partial charge in [0.05, 0.1) is 16.1 Å². The Kier molecular flexibility index (Phi) is 5.48. The van der Waals surface area contributed by atoms with Gasteiger partial charge < -0.3 is 10.5 Å². The Bertz CT molecular complexity index is 422. The second-order valence-electron chi connectivity index (χ2n) is 5.00. The fraction of sp³-hybridized carbons (Fsp3) is 0.571. The number of likely N-dealkylation sites (N-methyl/N-ethyl adjacent to an activating group) is 1. The van der Waals surface area contributed by atoms with E-state index in [2.05, 4.69) is 11.9 Å². The van der Waals surface area contributed by atoms with E-state index >= 15 is 0 Å². The highest BCUT2D eigenvalue weighted by molar-refractivity contribution is 6.42. The molecule has 0 amide bonds. The number of nitrogens with zero attached hydrogens (tertiary/aromatic N) is 1. The minimum Gasteiger partial charge on any atom is -0.377 e. The first-order valence-electron chi connectivity index (χ1n) is 6.58. The number of hydrogen-bond donors (Lipinski definition) is 1. The van der Waals surface area contributed by atoms with Gasteiger partial charge in [-0.25, -0.2) is 0 Å². The first-order valence-corrected chi connectivity index (χ1v) is 7.34. The molecule has 1 aliphatic rings. The molecule has 1 aliphatic heterocycles. The van der Waals surface area contributed by atoms with Gasteiger partial charge in [-0.2, -0.15) is 0 Å². The Labute approximate surface area is 124 Å². The zero-order valence-electron chi connectivity index (χ0n) is 11.1. The Morgan fingerprint density at radius 1 is 1.42 bits per heavy atom. The summed E-state index contributed by atoms with van der Waals surface area (Å²) < 4.78 is 5.67. The van der Waals surface area contributed by atoms with Crippen molar-refractivity contribution >= 4 is 23.2 Å². The zero-order chi connectivity index (χ0) is 13.8. The summed E-state index contributed by atoms with van der Waals surface area (Å²) in [7, 11) is 2.07. The number of ether oxygens (including phenoxy) is 1. The second-order valence-corrected chi connectivity index (χ2v) is 5.81. The lowest BCUT2D eigenvalue weighted by Crippen LogP contribution is -2.36. The molecule has 2 N–H and O–H groups in total. The van der Waals surface area contributed by atoms with Crippen LogP contribution in [0.5, 0.6) is 0 Å². The van der Waals surface area contributed by atoms with Crippen LogP contribution in [0.25, 0.3) is 0 Å². The van der Waals surface area contributed by atoms with Crippen LogP contribution < -0.4 is 5.73 Å². The summed E-state index contributed by atoms with van der Waals surface area (Å²) >= 11 is 12.0. The lowest BCUT2D eigenvalue weighted by Gasteiger charge is -2.29. The van der Waals surface area contributed by atoms with Crippen molar-refractivity contribution in [1.29, 1.82) is 0 Å². The fourth-order valence-electron chi connectivity index (χ4n) is 2.53. The van der Waals surface area contributed by atoms with Crippen molar-refractivity contribution in [3.8, 4) is 0 Å². The van der Waals surface area contributed by atoms with Gasteiger partial charge in [-0.1, -0.05) is 29.3 Å². The van der Waals surface area contributed by atoms with E-state index in [0.29, 0.717) is 22.7 Å². The molecule has 1 aromatic carbocycles.